The maximum Gasteiger partial charge on any atom is 0.239 e. The number of unbranched alkanes of at least 4 members (excludes halogenated alkanes) is 7. The molecule has 4 nitrogen and oxygen atoms in total. The molecule has 0 aliphatic rings. The van der Waals surface area contributed by atoms with Crippen LogP contribution in [0.4, 0.5) is 5.95 Å². The Hall–Kier alpha value is -1.06. The minimum absolute atomic E-state index is 0.375. The normalized spacial score (nSPS) is 10.8. The van der Waals surface area contributed by atoms with Gasteiger partial charge in [-0.3, -0.25) is 4.68 Å². The van der Waals surface area contributed by atoms with Crippen LogP contribution < -0.4 is 5.73 Å². The molecule has 0 fully saturated rings. The van der Waals surface area contributed by atoms with Gasteiger partial charge in [0.25, 0.3) is 0 Å². The number of hydrogen-bond acceptors (Lipinski definition) is 3. The summed E-state index contributed by atoms with van der Waals surface area (Å²) in [6, 6.07) is 0. The van der Waals surface area contributed by atoms with Gasteiger partial charge >= 0.3 is 0 Å². The van der Waals surface area contributed by atoms with Gasteiger partial charge in [-0.1, -0.05) is 51.9 Å². The highest BCUT2D eigenvalue weighted by atomic mass is 15.3. The summed E-state index contributed by atoms with van der Waals surface area (Å²) >= 11 is 0. The number of hydrogen-bond donors (Lipinski definition) is 1. The molecule has 1 rings (SSSR count). The molecule has 2 N–H and O–H groups in total. The van der Waals surface area contributed by atoms with Gasteiger partial charge in [-0.25, -0.2) is 4.98 Å². The smallest absolute Gasteiger partial charge is 0.239 e. The van der Waals surface area contributed by atoms with Crippen LogP contribution in [0.25, 0.3) is 0 Å². The van der Waals surface area contributed by atoms with Gasteiger partial charge in [-0.15, -0.1) is 5.10 Å². The summed E-state index contributed by atoms with van der Waals surface area (Å²) in [5.41, 5.74) is 5.43. The lowest BCUT2D eigenvalue weighted by Crippen LogP contribution is -1.99. The van der Waals surface area contributed by atoms with E-state index < -0.39 is 0 Å². The summed E-state index contributed by atoms with van der Waals surface area (Å²) in [5, 5.41) is 4.05. The molecule has 0 bridgehead atoms. The summed E-state index contributed by atoms with van der Waals surface area (Å²) in [6.07, 6.45) is 12.4. The maximum atomic E-state index is 5.43. The van der Waals surface area contributed by atoms with Crippen molar-refractivity contribution < 1.29 is 0 Å². The molecule has 0 aliphatic heterocycles. The van der Waals surface area contributed by atoms with Gasteiger partial charge in [0, 0.05) is 6.54 Å². The Morgan fingerprint density at radius 1 is 1.06 bits per heavy atom. The first-order valence-corrected chi connectivity index (χ1v) is 6.48. The van der Waals surface area contributed by atoms with Crippen molar-refractivity contribution in [1.29, 1.82) is 0 Å². The zero-order valence-electron chi connectivity index (χ0n) is 10.4. The monoisotopic (exact) mass is 224 g/mol. The van der Waals surface area contributed by atoms with Gasteiger partial charge in [0.2, 0.25) is 5.95 Å². The molecule has 4 heteroatoms. The van der Waals surface area contributed by atoms with Crippen molar-refractivity contribution in [2.45, 2.75) is 64.8 Å². The summed E-state index contributed by atoms with van der Waals surface area (Å²) in [7, 11) is 0. The van der Waals surface area contributed by atoms with Gasteiger partial charge < -0.3 is 5.73 Å². The van der Waals surface area contributed by atoms with Crippen molar-refractivity contribution in [2.24, 2.45) is 0 Å². The Balaban J connectivity index is 1.88. The number of rotatable bonds is 9. The molecule has 0 amide bonds. The molecule has 0 atom stereocenters. The molecular weight excluding hydrogens is 200 g/mol. The van der Waals surface area contributed by atoms with E-state index in [1.54, 1.807) is 6.33 Å². The van der Waals surface area contributed by atoms with Crippen LogP contribution in [-0.2, 0) is 6.54 Å². The van der Waals surface area contributed by atoms with Gasteiger partial charge in [0.15, 0.2) is 0 Å². The van der Waals surface area contributed by atoms with Crippen molar-refractivity contribution in [3.63, 3.8) is 0 Å². The Morgan fingerprint density at radius 2 is 1.69 bits per heavy atom. The first-order chi connectivity index (χ1) is 7.83. The third kappa shape index (κ3) is 5.73. The fourth-order valence-electron chi connectivity index (χ4n) is 1.82. The van der Waals surface area contributed by atoms with Crippen LogP contribution in [0.2, 0.25) is 0 Å². The van der Waals surface area contributed by atoms with Gasteiger partial charge in [-0.2, -0.15) is 0 Å². The Bertz CT molecular complexity index is 270. The lowest BCUT2D eigenvalue weighted by atomic mass is 10.1. The number of aromatic nitrogens is 3. The SMILES string of the molecule is CCCCCCCCCCn1cnc(N)n1. The van der Waals surface area contributed by atoms with Crippen LogP contribution in [-0.4, -0.2) is 14.8 Å². The van der Waals surface area contributed by atoms with E-state index in [9.17, 15) is 0 Å². The standard InChI is InChI=1S/C12H24N4/c1-2-3-4-5-6-7-8-9-10-16-11-14-12(13)15-16/h11H,2-10H2,1H3,(H2,13,15). The Kier molecular flexibility index (Phi) is 6.61. The second-order valence-electron chi connectivity index (χ2n) is 4.34. The van der Waals surface area contributed by atoms with E-state index in [-0.39, 0.29) is 0 Å². The molecule has 0 aromatic carbocycles. The van der Waals surface area contributed by atoms with Crippen molar-refractivity contribution in [1.82, 2.24) is 14.8 Å². The fourth-order valence-corrected chi connectivity index (χ4v) is 1.82. The van der Waals surface area contributed by atoms with Crippen LogP contribution in [0.3, 0.4) is 0 Å². The number of anilines is 1. The molecule has 0 saturated carbocycles. The van der Waals surface area contributed by atoms with Crippen molar-refractivity contribution in [2.75, 3.05) is 5.73 Å². The molecule has 0 radical (unpaired) electrons. The molecule has 1 heterocycles. The predicted octanol–water partition coefficient (Wildman–Crippen LogP) is 3.00. The highest BCUT2D eigenvalue weighted by molar-refractivity contribution is 5.08. The predicted molar refractivity (Wildman–Crippen MR) is 67.0 cm³/mol. The maximum absolute atomic E-state index is 5.43. The summed E-state index contributed by atoms with van der Waals surface area (Å²) < 4.78 is 1.83. The molecule has 1 aromatic rings. The van der Waals surface area contributed by atoms with E-state index in [2.05, 4.69) is 17.0 Å². The molecule has 0 spiro atoms. The minimum atomic E-state index is 0.375. The van der Waals surface area contributed by atoms with Gasteiger partial charge in [0.05, 0.1) is 0 Å². The van der Waals surface area contributed by atoms with Crippen LogP contribution in [0.1, 0.15) is 58.3 Å². The first kappa shape index (κ1) is 13.0. The number of nitrogens with zero attached hydrogens (tertiary/aromatic N) is 3. The second kappa shape index (κ2) is 8.13. The number of aryl methyl sites for hydroxylation is 1. The molecule has 1 aromatic heterocycles. The van der Waals surface area contributed by atoms with Gasteiger partial charge in [0.1, 0.15) is 6.33 Å². The molecule has 0 unspecified atom stereocenters. The Labute approximate surface area is 98.2 Å². The van der Waals surface area contributed by atoms with E-state index in [1.807, 2.05) is 4.68 Å². The summed E-state index contributed by atoms with van der Waals surface area (Å²) in [6.45, 7) is 3.20. The van der Waals surface area contributed by atoms with Gasteiger partial charge in [-0.05, 0) is 6.42 Å². The Morgan fingerprint density at radius 3 is 2.25 bits per heavy atom. The van der Waals surface area contributed by atoms with Crippen molar-refractivity contribution in [3.05, 3.63) is 6.33 Å². The van der Waals surface area contributed by atoms with E-state index in [1.165, 1.54) is 51.4 Å². The molecule has 0 saturated heterocycles. The molecule has 16 heavy (non-hydrogen) atoms. The zero-order chi connectivity index (χ0) is 11.6. The lowest BCUT2D eigenvalue weighted by Gasteiger charge is -2.01. The van der Waals surface area contributed by atoms with Crippen LogP contribution >= 0.6 is 0 Å². The lowest BCUT2D eigenvalue weighted by molar-refractivity contribution is 0.520. The van der Waals surface area contributed by atoms with Crippen molar-refractivity contribution >= 4 is 5.95 Å². The molecule has 0 aliphatic carbocycles. The topological polar surface area (TPSA) is 56.7 Å². The number of nitrogen functional groups attached to an aromatic ring is 1. The third-order valence-electron chi connectivity index (χ3n) is 2.79. The molecular formula is C12H24N4. The van der Waals surface area contributed by atoms with E-state index in [0.29, 0.717) is 5.95 Å². The first-order valence-electron chi connectivity index (χ1n) is 6.48. The highest BCUT2D eigenvalue weighted by Crippen LogP contribution is 2.08. The second-order valence-corrected chi connectivity index (χ2v) is 4.34. The molecule has 92 valence electrons. The van der Waals surface area contributed by atoms with Crippen LogP contribution in [0.15, 0.2) is 6.33 Å². The van der Waals surface area contributed by atoms with E-state index in [4.69, 9.17) is 5.73 Å². The quantitative estimate of drug-likeness (QED) is 0.656. The average molecular weight is 224 g/mol. The van der Waals surface area contributed by atoms with Crippen molar-refractivity contribution in [3.8, 4) is 0 Å². The fraction of sp³-hybridized carbons (Fsp3) is 0.833. The van der Waals surface area contributed by atoms with E-state index >= 15 is 0 Å². The number of nitrogens with two attached hydrogens (primary N) is 1. The zero-order valence-corrected chi connectivity index (χ0v) is 10.4. The average Bonchev–Trinajstić information content (AvgIpc) is 2.68. The summed E-state index contributed by atoms with van der Waals surface area (Å²) in [5.74, 6) is 0.375. The highest BCUT2D eigenvalue weighted by Gasteiger charge is 1.95. The van der Waals surface area contributed by atoms with Crippen LogP contribution in [0.5, 0.6) is 0 Å². The largest absolute Gasteiger partial charge is 0.367 e. The van der Waals surface area contributed by atoms with E-state index in [0.717, 1.165) is 6.54 Å². The van der Waals surface area contributed by atoms with Crippen LogP contribution in [0, 0.1) is 0 Å². The minimum Gasteiger partial charge on any atom is -0.367 e. The third-order valence-corrected chi connectivity index (χ3v) is 2.79. The summed E-state index contributed by atoms with van der Waals surface area (Å²) in [4.78, 5) is 3.90.